The Morgan fingerprint density at radius 2 is 1.68 bits per heavy atom. The predicted molar refractivity (Wildman–Crippen MR) is 108 cm³/mol. The lowest BCUT2D eigenvalue weighted by Crippen LogP contribution is -2.15. The van der Waals surface area contributed by atoms with E-state index in [-0.39, 0.29) is 0 Å². The summed E-state index contributed by atoms with van der Waals surface area (Å²) < 4.78 is 10.3. The monoisotopic (exact) mass is 377 g/mol. The minimum atomic E-state index is -0.435. The molecule has 0 N–H and O–H groups in total. The lowest BCUT2D eigenvalue weighted by molar-refractivity contribution is 0.0600. The average molecular weight is 377 g/mol. The molecule has 0 atom stereocenters. The van der Waals surface area contributed by atoms with Crippen LogP contribution in [0.25, 0.3) is 10.9 Å². The van der Waals surface area contributed by atoms with E-state index in [1.165, 1.54) is 7.11 Å². The first-order valence-corrected chi connectivity index (χ1v) is 9.40. The first-order chi connectivity index (χ1) is 13.6. The lowest BCUT2D eigenvalue weighted by Gasteiger charge is -2.15. The molecular weight excluding hydrogens is 354 g/mol. The number of hydrogen-bond acceptors (Lipinski definition) is 5. The molecule has 3 aromatic rings. The second-order valence-electron chi connectivity index (χ2n) is 6.44. The van der Waals surface area contributed by atoms with Crippen LogP contribution >= 0.6 is 0 Å². The number of para-hydroxylation sites is 1. The molecule has 1 heterocycles. The third-order valence-electron chi connectivity index (χ3n) is 4.61. The van der Waals surface area contributed by atoms with Gasteiger partial charge in [0.25, 0.3) is 0 Å². The molecule has 0 bridgehead atoms. The van der Waals surface area contributed by atoms with Crippen molar-refractivity contribution in [2.24, 2.45) is 0 Å². The molecule has 3 rings (SSSR count). The highest BCUT2D eigenvalue weighted by Gasteiger charge is 2.21. The average Bonchev–Trinajstić information content (AvgIpc) is 2.72. The molecule has 0 unspecified atom stereocenters. The molecule has 0 spiro atoms. The number of benzene rings is 2. The van der Waals surface area contributed by atoms with E-state index < -0.39 is 11.9 Å². The number of nitrogens with zero attached hydrogens (tertiary/aromatic N) is 1. The van der Waals surface area contributed by atoms with Gasteiger partial charge in [0.1, 0.15) is 5.75 Å². The van der Waals surface area contributed by atoms with Crippen molar-refractivity contribution in [1.29, 1.82) is 0 Å². The van der Waals surface area contributed by atoms with Crippen molar-refractivity contribution < 1.29 is 19.1 Å². The van der Waals surface area contributed by atoms with Gasteiger partial charge in [-0.25, -0.2) is 9.59 Å². The number of rotatable bonds is 6. The van der Waals surface area contributed by atoms with E-state index >= 15 is 0 Å². The topological polar surface area (TPSA) is 65.5 Å². The summed E-state index contributed by atoms with van der Waals surface area (Å²) in [4.78, 5) is 29.4. The molecule has 0 aliphatic heterocycles. The second-order valence-corrected chi connectivity index (χ2v) is 6.44. The smallest absolute Gasteiger partial charge is 0.344 e. The van der Waals surface area contributed by atoms with Gasteiger partial charge in [-0.15, -0.1) is 0 Å². The van der Waals surface area contributed by atoms with Gasteiger partial charge in [-0.2, -0.15) is 0 Å². The van der Waals surface area contributed by atoms with Gasteiger partial charge in [0.15, 0.2) is 0 Å². The van der Waals surface area contributed by atoms with Crippen molar-refractivity contribution in [1.82, 2.24) is 4.98 Å². The molecule has 5 heteroatoms. The summed E-state index contributed by atoms with van der Waals surface area (Å²) in [7, 11) is 1.32. The van der Waals surface area contributed by atoms with Crippen LogP contribution < -0.4 is 4.74 Å². The van der Waals surface area contributed by atoms with Crippen LogP contribution in [0.2, 0.25) is 0 Å². The number of hydrogen-bond donors (Lipinski definition) is 0. The van der Waals surface area contributed by atoms with Crippen molar-refractivity contribution >= 4 is 22.8 Å². The highest BCUT2D eigenvalue weighted by molar-refractivity contribution is 6.06. The molecular formula is C23H23NO4. The number of methoxy groups -OCH3 is 1. The van der Waals surface area contributed by atoms with Crippen LogP contribution in [-0.2, 0) is 17.6 Å². The molecule has 0 aliphatic rings. The minimum Gasteiger partial charge on any atom is -0.465 e. The summed E-state index contributed by atoms with van der Waals surface area (Å²) >= 11 is 0. The Balaban J connectivity index is 2.01. The van der Waals surface area contributed by atoms with Crippen LogP contribution in [0.4, 0.5) is 0 Å². The van der Waals surface area contributed by atoms with E-state index in [2.05, 4.69) is 11.7 Å². The number of fused-ring (bicyclic) bond motifs is 1. The predicted octanol–water partition coefficient (Wildman–Crippen LogP) is 4.76. The fraction of sp³-hybridized carbons (Fsp3) is 0.261. The van der Waals surface area contributed by atoms with Crippen LogP contribution in [0.15, 0.2) is 48.5 Å². The van der Waals surface area contributed by atoms with Gasteiger partial charge in [0.05, 0.1) is 23.8 Å². The van der Waals surface area contributed by atoms with Crippen molar-refractivity contribution in [2.75, 3.05) is 7.11 Å². The number of aromatic nitrogens is 1. The lowest BCUT2D eigenvalue weighted by atomic mass is 9.96. The van der Waals surface area contributed by atoms with Crippen molar-refractivity contribution in [3.05, 3.63) is 70.9 Å². The van der Waals surface area contributed by atoms with Gasteiger partial charge in [-0.1, -0.05) is 38.5 Å². The van der Waals surface area contributed by atoms with Gasteiger partial charge in [-0.05, 0) is 48.7 Å². The molecule has 0 saturated carbocycles. The quantitative estimate of drug-likeness (QED) is 0.458. The molecule has 1 aromatic heterocycles. The fourth-order valence-electron chi connectivity index (χ4n) is 3.29. The van der Waals surface area contributed by atoms with E-state index in [1.54, 1.807) is 24.3 Å². The van der Waals surface area contributed by atoms with Crippen molar-refractivity contribution in [3.63, 3.8) is 0 Å². The molecule has 0 radical (unpaired) electrons. The Bertz CT molecular complexity index is 1010. The second kappa shape index (κ2) is 8.65. The summed E-state index contributed by atoms with van der Waals surface area (Å²) in [5, 5.41) is 0.787. The van der Waals surface area contributed by atoms with Gasteiger partial charge >= 0.3 is 11.9 Å². The highest BCUT2D eigenvalue weighted by atomic mass is 16.5. The largest absolute Gasteiger partial charge is 0.465 e. The molecule has 5 nitrogen and oxygen atoms in total. The summed E-state index contributed by atoms with van der Waals surface area (Å²) in [5.74, 6) is -0.480. The van der Waals surface area contributed by atoms with Crippen molar-refractivity contribution in [3.8, 4) is 5.75 Å². The van der Waals surface area contributed by atoms with Crippen molar-refractivity contribution in [2.45, 2.75) is 33.1 Å². The summed E-state index contributed by atoms with van der Waals surface area (Å²) in [5.41, 5.74) is 3.62. The number of pyridine rings is 1. The van der Waals surface area contributed by atoms with Gasteiger partial charge in [0.2, 0.25) is 0 Å². The standard InChI is InChI=1S/C23H23NO4/c1-4-8-19-17(5-2)21(18-9-6-7-10-20(18)24-19)23(26)28-16-13-11-15(12-14-16)22(25)27-3/h6-7,9-14H,4-5,8H2,1-3H3. The van der Waals surface area contributed by atoms with Crippen LogP contribution in [0.5, 0.6) is 5.75 Å². The van der Waals surface area contributed by atoms with E-state index in [4.69, 9.17) is 9.72 Å². The maximum atomic E-state index is 13.1. The van der Waals surface area contributed by atoms with Gasteiger partial charge in [0, 0.05) is 11.1 Å². The third kappa shape index (κ3) is 3.88. The normalized spacial score (nSPS) is 10.7. The maximum absolute atomic E-state index is 13.1. The first-order valence-electron chi connectivity index (χ1n) is 9.40. The summed E-state index contributed by atoms with van der Waals surface area (Å²) in [6, 6.07) is 13.9. The molecule has 2 aromatic carbocycles. The summed E-state index contributed by atoms with van der Waals surface area (Å²) in [6.45, 7) is 4.12. The van der Waals surface area contributed by atoms with Crippen LogP contribution in [0.1, 0.15) is 52.2 Å². The molecule has 0 amide bonds. The molecule has 0 saturated heterocycles. The zero-order valence-electron chi connectivity index (χ0n) is 16.3. The zero-order valence-corrected chi connectivity index (χ0v) is 16.3. The Kier molecular flexibility index (Phi) is 6.04. The van der Waals surface area contributed by atoms with Crippen LogP contribution in [-0.4, -0.2) is 24.0 Å². The van der Waals surface area contributed by atoms with Crippen LogP contribution in [0, 0.1) is 0 Å². The fourth-order valence-corrected chi connectivity index (χ4v) is 3.29. The summed E-state index contributed by atoms with van der Waals surface area (Å²) in [6.07, 6.45) is 2.45. The Morgan fingerprint density at radius 1 is 0.964 bits per heavy atom. The number of carbonyl (C=O) groups is 2. The minimum absolute atomic E-state index is 0.373. The van der Waals surface area contributed by atoms with Crippen LogP contribution in [0.3, 0.4) is 0 Å². The number of ether oxygens (including phenoxy) is 2. The van der Waals surface area contributed by atoms with E-state index in [1.807, 2.05) is 31.2 Å². The highest BCUT2D eigenvalue weighted by Crippen LogP contribution is 2.27. The molecule has 0 aliphatic carbocycles. The first kappa shape index (κ1) is 19.5. The molecule has 0 fully saturated rings. The number of aryl methyl sites for hydroxylation is 1. The molecule has 28 heavy (non-hydrogen) atoms. The maximum Gasteiger partial charge on any atom is 0.344 e. The van der Waals surface area contributed by atoms with Gasteiger partial charge < -0.3 is 9.47 Å². The SMILES string of the molecule is CCCc1nc2ccccc2c(C(=O)Oc2ccc(C(=O)OC)cc2)c1CC. The Morgan fingerprint density at radius 3 is 2.32 bits per heavy atom. The number of esters is 2. The zero-order chi connectivity index (χ0) is 20.1. The number of carbonyl (C=O) groups excluding carboxylic acids is 2. The Labute approximate surface area is 164 Å². The van der Waals surface area contributed by atoms with E-state index in [0.29, 0.717) is 23.3 Å². The van der Waals surface area contributed by atoms with E-state index in [0.717, 1.165) is 35.0 Å². The van der Waals surface area contributed by atoms with E-state index in [9.17, 15) is 9.59 Å². The third-order valence-corrected chi connectivity index (χ3v) is 4.61. The van der Waals surface area contributed by atoms with Gasteiger partial charge in [-0.3, -0.25) is 4.98 Å². The molecule has 144 valence electrons. The Hall–Kier alpha value is -3.21.